The first-order chi connectivity index (χ1) is 6.36. The summed E-state index contributed by atoms with van der Waals surface area (Å²) in [5, 5.41) is 0. The first kappa shape index (κ1) is 8.55. The minimum absolute atomic E-state index is 1.08. The number of likely N-dealkylation sites (N-methyl/N-ethyl adjacent to an activating group) is 1. The average molecular weight is 173 g/mol. The van der Waals surface area contributed by atoms with E-state index in [0.29, 0.717) is 0 Å². The van der Waals surface area contributed by atoms with Crippen molar-refractivity contribution >= 4 is 0 Å². The topological polar surface area (TPSA) is 3.24 Å². The number of hydrogen-bond acceptors (Lipinski definition) is 1. The second kappa shape index (κ2) is 3.78. The molecule has 0 fully saturated rings. The molecule has 0 aromatic carbocycles. The Hall–Kier alpha value is -1.04. The first-order valence-corrected chi connectivity index (χ1v) is 4.86. The summed E-state index contributed by atoms with van der Waals surface area (Å²) in [6.45, 7) is 2.29. The lowest BCUT2D eigenvalue weighted by molar-refractivity contribution is 0.368. The van der Waals surface area contributed by atoms with Gasteiger partial charge in [-0.1, -0.05) is 12.2 Å². The summed E-state index contributed by atoms with van der Waals surface area (Å²) in [5.41, 5.74) is 6.10. The molecule has 13 heavy (non-hydrogen) atoms. The SMILES string of the molecule is CN1CCCC2=C(C=CC=C=C2)C1. The predicted octanol–water partition coefficient (Wildman–Crippen LogP) is 2.29. The summed E-state index contributed by atoms with van der Waals surface area (Å²) in [5.74, 6) is 0. The van der Waals surface area contributed by atoms with E-state index in [1.165, 1.54) is 30.5 Å². The van der Waals surface area contributed by atoms with Crippen LogP contribution in [0.25, 0.3) is 0 Å². The van der Waals surface area contributed by atoms with Gasteiger partial charge in [-0.25, -0.2) is 0 Å². The van der Waals surface area contributed by atoms with Gasteiger partial charge in [-0.2, -0.15) is 0 Å². The lowest BCUT2D eigenvalue weighted by Gasteiger charge is -2.13. The minimum Gasteiger partial charge on any atom is -0.302 e. The van der Waals surface area contributed by atoms with Gasteiger partial charge in [0.25, 0.3) is 0 Å². The quantitative estimate of drug-likeness (QED) is 0.508. The van der Waals surface area contributed by atoms with E-state index in [2.05, 4.69) is 35.9 Å². The van der Waals surface area contributed by atoms with Crippen molar-refractivity contribution in [2.75, 3.05) is 20.1 Å². The third kappa shape index (κ3) is 2.00. The predicted molar refractivity (Wildman–Crippen MR) is 55.6 cm³/mol. The fourth-order valence-corrected chi connectivity index (χ4v) is 1.86. The van der Waals surface area contributed by atoms with E-state index in [9.17, 15) is 0 Å². The third-order valence-electron chi connectivity index (χ3n) is 2.59. The van der Waals surface area contributed by atoms with E-state index >= 15 is 0 Å². The molecule has 1 aliphatic carbocycles. The van der Waals surface area contributed by atoms with Crippen LogP contribution in [0.2, 0.25) is 0 Å². The highest BCUT2D eigenvalue weighted by atomic mass is 15.1. The summed E-state index contributed by atoms with van der Waals surface area (Å²) >= 11 is 0. The largest absolute Gasteiger partial charge is 0.302 e. The summed E-state index contributed by atoms with van der Waals surface area (Å²) in [6, 6.07) is 0. The van der Waals surface area contributed by atoms with Gasteiger partial charge in [0, 0.05) is 6.54 Å². The van der Waals surface area contributed by atoms with Crippen molar-refractivity contribution in [1.29, 1.82) is 0 Å². The van der Waals surface area contributed by atoms with Crippen LogP contribution in [0.1, 0.15) is 12.8 Å². The van der Waals surface area contributed by atoms with Crippen LogP contribution in [0.4, 0.5) is 0 Å². The van der Waals surface area contributed by atoms with Gasteiger partial charge in [0.1, 0.15) is 0 Å². The zero-order valence-electron chi connectivity index (χ0n) is 8.09. The van der Waals surface area contributed by atoms with E-state index in [4.69, 9.17) is 0 Å². The van der Waals surface area contributed by atoms with Gasteiger partial charge in [0.15, 0.2) is 0 Å². The molecule has 1 aliphatic heterocycles. The molecular weight excluding hydrogens is 158 g/mol. The van der Waals surface area contributed by atoms with Crippen LogP contribution in [0, 0.1) is 0 Å². The van der Waals surface area contributed by atoms with Gasteiger partial charge >= 0.3 is 0 Å². The van der Waals surface area contributed by atoms with E-state index in [-0.39, 0.29) is 0 Å². The van der Waals surface area contributed by atoms with E-state index < -0.39 is 0 Å². The van der Waals surface area contributed by atoms with Crippen LogP contribution in [0.5, 0.6) is 0 Å². The van der Waals surface area contributed by atoms with Crippen LogP contribution in [0.15, 0.2) is 41.2 Å². The lowest BCUT2D eigenvalue weighted by atomic mass is 10.1. The molecule has 0 aromatic rings. The van der Waals surface area contributed by atoms with Crippen LogP contribution < -0.4 is 0 Å². The van der Waals surface area contributed by atoms with Gasteiger partial charge in [-0.15, -0.1) is 5.73 Å². The normalized spacial score (nSPS) is 22.8. The Kier molecular flexibility index (Phi) is 2.49. The van der Waals surface area contributed by atoms with Crippen LogP contribution in [0.3, 0.4) is 0 Å². The average Bonchev–Trinajstić information content (AvgIpc) is 2.38. The molecule has 0 N–H and O–H groups in total. The Labute approximate surface area is 79.7 Å². The number of allylic oxidation sites excluding steroid dienone is 3. The maximum atomic E-state index is 3.18. The van der Waals surface area contributed by atoms with E-state index in [1.807, 2.05) is 6.08 Å². The Morgan fingerprint density at radius 1 is 1.38 bits per heavy atom. The van der Waals surface area contributed by atoms with Crippen molar-refractivity contribution in [2.24, 2.45) is 0 Å². The Balaban J connectivity index is 2.30. The summed E-state index contributed by atoms with van der Waals surface area (Å²) in [4.78, 5) is 2.38. The Morgan fingerprint density at radius 3 is 3.23 bits per heavy atom. The molecule has 0 spiro atoms. The van der Waals surface area contributed by atoms with Crippen molar-refractivity contribution in [3.8, 4) is 0 Å². The number of hydrogen-bond donors (Lipinski definition) is 0. The molecule has 2 aliphatic rings. The number of nitrogens with zero attached hydrogens (tertiary/aromatic N) is 1. The molecule has 68 valence electrons. The second-order valence-corrected chi connectivity index (χ2v) is 3.73. The summed E-state index contributed by atoms with van der Waals surface area (Å²) in [6.07, 6.45) is 10.9. The number of rotatable bonds is 0. The summed E-state index contributed by atoms with van der Waals surface area (Å²) in [7, 11) is 2.19. The van der Waals surface area contributed by atoms with Gasteiger partial charge in [0.2, 0.25) is 0 Å². The smallest absolute Gasteiger partial charge is 0.0233 e. The molecule has 0 radical (unpaired) electrons. The van der Waals surface area contributed by atoms with Crippen molar-refractivity contribution in [3.05, 3.63) is 41.2 Å². The molecule has 0 unspecified atom stereocenters. The molecule has 0 saturated carbocycles. The highest BCUT2D eigenvalue weighted by Gasteiger charge is 2.10. The van der Waals surface area contributed by atoms with Crippen LogP contribution in [-0.4, -0.2) is 25.0 Å². The second-order valence-electron chi connectivity index (χ2n) is 3.73. The fraction of sp³-hybridized carbons (Fsp3) is 0.417. The molecule has 1 nitrogen and oxygen atoms in total. The Bertz CT molecular complexity index is 314. The summed E-state index contributed by atoms with van der Waals surface area (Å²) < 4.78 is 0. The molecule has 0 amide bonds. The van der Waals surface area contributed by atoms with Gasteiger partial charge < -0.3 is 4.90 Å². The monoisotopic (exact) mass is 173 g/mol. The minimum atomic E-state index is 1.08. The zero-order valence-corrected chi connectivity index (χ0v) is 8.09. The van der Waals surface area contributed by atoms with Crippen molar-refractivity contribution in [1.82, 2.24) is 4.90 Å². The van der Waals surface area contributed by atoms with Gasteiger partial charge in [-0.05, 0) is 49.7 Å². The first-order valence-electron chi connectivity index (χ1n) is 4.86. The van der Waals surface area contributed by atoms with Crippen molar-refractivity contribution in [3.63, 3.8) is 0 Å². The van der Waals surface area contributed by atoms with Crippen molar-refractivity contribution in [2.45, 2.75) is 12.8 Å². The highest BCUT2D eigenvalue weighted by molar-refractivity contribution is 5.38. The van der Waals surface area contributed by atoms with E-state index in [0.717, 1.165) is 6.54 Å². The molecule has 2 rings (SSSR count). The fourth-order valence-electron chi connectivity index (χ4n) is 1.86. The van der Waals surface area contributed by atoms with Crippen molar-refractivity contribution < 1.29 is 0 Å². The van der Waals surface area contributed by atoms with Crippen LogP contribution >= 0.6 is 0 Å². The van der Waals surface area contributed by atoms with Crippen LogP contribution in [-0.2, 0) is 0 Å². The molecule has 0 aromatic heterocycles. The highest BCUT2D eigenvalue weighted by Crippen LogP contribution is 2.20. The van der Waals surface area contributed by atoms with Gasteiger partial charge in [0.05, 0.1) is 0 Å². The maximum absolute atomic E-state index is 3.18. The molecule has 1 heterocycles. The van der Waals surface area contributed by atoms with E-state index in [1.54, 1.807) is 0 Å². The maximum Gasteiger partial charge on any atom is 0.0233 e. The molecule has 0 atom stereocenters. The molecular formula is C12H15N. The molecule has 0 bridgehead atoms. The van der Waals surface area contributed by atoms with Gasteiger partial charge in [-0.3, -0.25) is 0 Å². The standard InChI is InChI=1S/C12H15N/c1-13-9-5-8-11-6-3-2-4-7-12(11)10-13/h2,4,6-7H,5,8-10H2,1H3. The lowest BCUT2D eigenvalue weighted by Crippen LogP contribution is -2.20. The molecule has 0 saturated heterocycles. The Morgan fingerprint density at radius 2 is 2.31 bits per heavy atom. The zero-order chi connectivity index (χ0) is 9.10. The molecule has 1 heteroatoms. The third-order valence-corrected chi connectivity index (χ3v) is 2.59.